The lowest BCUT2D eigenvalue weighted by Crippen LogP contribution is -2.40. The number of hydrogen-bond donors (Lipinski definition) is 1. The molecule has 0 aromatic heterocycles. The Morgan fingerprint density at radius 3 is 2.50 bits per heavy atom. The third-order valence-corrected chi connectivity index (χ3v) is 3.82. The summed E-state index contributed by atoms with van der Waals surface area (Å²) in [6.45, 7) is 3.30. The van der Waals surface area contributed by atoms with Crippen LogP contribution in [0.1, 0.15) is 19.4 Å². The third kappa shape index (κ3) is 4.72. The molecule has 0 aliphatic carbocycles. The zero-order valence-electron chi connectivity index (χ0n) is 9.40. The van der Waals surface area contributed by atoms with Gasteiger partial charge in [-0.2, -0.15) is 0 Å². The van der Waals surface area contributed by atoms with E-state index in [0.29, 0.717) is 5.56 Å². The zero-order chi connectivity index (χ0) is 12.4. The summed E-state index contributed by atoms with van der Waals surface area (Å²) in [6, 6.07) is 5.59. The van der Waals surface area contributed by atoms with E-state index >= 15 is 0 Å². The van der Waals surface area contributed by atoms with Crippen LogP contribution in [-0.2, 0) is 15.6 Å². The maximum atomic E-state index is 12.9. The first-order chi connectivity index (χ1) is 7.18. The van der Waals surface area contributed by atoms with E-state index in [1.165, 1.54) is 18.2 Å². The van der Waals surface area contributed by atoms with Gasteiger partial charge in [-0.25, -0.2) is 12.8 Å². The Hall–Kier alpha value is -0.940. The molecule has 0 fully saturated rings. The van der Waals surface area contributed by atoms with Gasteiger partial charge in [-0.3, -0.25) is 0 Å². The number of benzene rings is 1. The van der Waals surface area contributed by atoms with E-state index in [1.54, 1.807) is 19.9 Å². The number of halogens is 1. The molecule has 1 rings (SSSR count). The van der Waals surface area contributed by atoms with Gasteiger partial charge in [0.1, 0.15) is 5.82 Å². The van der Waals surface area contributed by atoms with Crippen LogP contribution in [0.2, 0.25) is 0 Å². The first-order valence-electron chi connectivity index (χ1n) is 4.92. The Bertz CT molecular complexity index is 463. The summed E-state index contributed by atoms with van der Waals surface area (Å²) in [6.07, 6.45) is 0. The smallest absolute Gasteiger partial charge is 0.156 e. The minimum atomic E-state index is -3.30. The van der Waals surface area contributed by atoms with Crippen molar-refractivity contribution in [2.24, 2.45) is 5.73 Å². The minimum Gasteiger partial charge on any atom is -0.325 e. The van der Waals surface area contributed by atoms with Gasteiger partial charge in [0.05, 0.1) is 11.5 Å². The molecule has 0 amide bonds. The first-order valence-corrected chi connectivity index (χ1v) is 6.74. The van der Waals surface area contributed by atoms with Gasteiger partial charge in [-0.1, -0.05) is 12.1 Å². The Morgan fingerprint density at radius 2 is 2.00 bits per heavy atom. The summed E-state index contributed by atoms with van der Waals surface area (Å²) in [5.74, 6) is -0.721. The summed E-state index contributed by atoms with van der Waals surface area (Å²) in [7, 11) is -3.30. The van der Waals surface area contributed by atoms with Crippen LogP contribution in [0.5, 0.6) is 0 Å². The molecule has 5 heteroatoms. The van der Waals surface area contributed by atoms with Crippen molar-refractivity contribution in [1.29, 1.82) is 0 Å². The molecule has 1 aromatic carbocycles. The number of sulfone groups is 1. The molecule has 0 aliphatic heterocycles. The van der Waals surface area contributed by atoms with E-state index in [1.807, 2.05) is 0 Å². The van der Waals surface area contributed by atoms with Crippen molar-refractivity contribution in [3.8, 4) is 0 Å². The number of hydrogen-bond acceptors (Lipinski definition) is 3. The lowest BCUT2D eigenvalue weighted by Gasteiger charge is -2.18. The van der Waals surface area contributed by atoms with Crippen LogP contribution in [0.25, 0.3) is 0 Å². The topological polar surface area (TPSA) is 60.2 Å². The van der Waals surface area contributed by atoms with Crippen molar-refractivity contribution >= 4 is 9.84 Å². The molecule has 0 heterocycles. The van der Waals surface area contributed by atoms with Crippen LogP contribution < -0.4 is 5.73 Å². The van der Waals surface area contributed by atoms with E-state index in [-0.39, 0.29) is 11.5 Å². The van der Waals surface area contributed by atoms with Gasteiger partial charge in [0.15, 0.2) is 9.84 Å². The van der Waals surface area contributed by atoms with E-state index in [9.17, 15) is 12.8 Å². The molecular weight excluding hydrogens is 229 g/mol. The SMILES string of the molecule is CC(C)(N)CS(=O)(=O)Cc1cccc(F)c1. The van der Waals surface area contributed by atoms with E-state index in [0.717, 1.165) is 0 Å². The maximum absolute atomic E-state index is 12.9. The number of rotatable bonds is 4. The third-order valence-electron chi connectivity index (χ3n) is 1.87. The Labute approximate surface area is 95.4 Å². The van der Waals surface area contributed by atoms with Crippen molar-refractivity contribution < 1.29 is 12.8 Å². The lowest BCUT2D eigenvalue weighted by molar-refractivity contribution is 0.544. The highest BCUT2D eigenvalue weighted by atomic mass is 32.2. The molecule has 0 radical (unpaired) electrons. The van der Waals surface area contributed by atoms with Gasteiger partial charge in [0.2, 0.25) is 0 Å². The van der Waals surface area contributed by atoms with Crippen LogP contribution in [0.3, 0.4) is 0 Å². The normalized spacial score (nSPS) is 12.8. The van der Waals surface area contributed by atoms with Crippen molar-refractivity contribution in [2.75, 3.05) is 5.75 Å². The summed E-state index contributed by atoms with van der Waals surface area (Å²) >= 11 is 0. The molecule has 90 valence electrons. The predicted octanol–water partition coefficient (Wildman–Crippen LogP) is 1.48. The van der Waals surface area contributed by atoms with Crippen molar-refractivity contribution in [3.05, 3.63) is 35.6 Å². The predicted molar refractivity (Wildman–Crippen MR) is 62.2 cm³/mol. The Balaban J connectivity index is 2.81. The van der Waals surface area contributed by atoms with Crippen LogP contribution in [-0.4, -0.2) is 19.7 Å². The molecule has 3 nitrogen and oxygen atoms in total. The van der Waals surface area contributed by atoms with Gasteiger partial charge < -0.3 is 5.73 Å². The average Bonchev–Trinajstić information content (AvgIpc) is 1.96. The Morgan fingerprint density at radius 1 is 1.38 bits per heavy atom. The summed E-state index contributed by atoms with van der Waals surface area (Å²) in [4.78, 5) is 0. The van der Waals surface area contributed by atoms with Crippen molar-refractivity contribution in [3.63, 3.8) is 0 Å². The molecule has 0 atom stereocenters. The van der Waals surface area contributed by atoms with E-state index < -0.39 is 21.2 Å². The minimum absolute atomic E-state index is 0.115. The lowest BCUT2D eigenvalue weighted by atomic mass is 10.1. The molecule has 0 aliphatic rings. The standard InChI is InChI=1S/C11H16FNO2S/c1-11(2,13)8-16(14,15)7-9-4-3-5-10(12)6-9/h3-6H,7-8,13H2,1-2H3. The molecule has 1 aromatic rings. The van der Waals surface area contributed by atoms with Crippen LogP contribution in [0.15, 0.2) is 24.3 Å². The second-order valence-electron chi connectivity index (χ2n) is 4.65. The average molecular weight is 245 g/mol. The summed E-state index contributed by atoms with van der Waals surface area (Å²) in [5, 5.41) is 0. The van der Waals surface area contributed by atoms with E-state index in [2.05, 4.69) is 0 Å². The molecule has 0 saturated carbocycles. The summed E-state index contributed by atoms with van der Waals surface area (Å²) < 4.78 is 36.3. The van der Waals surface area contributed by atoms with Gasteiger partial charge in [0.25, 0.3) is 0 Å². The number of nitrogens with two attached hydrogens (primary N) is 1. The highest BCUT2D eigenvalue weighted by Gasteiger charge is 2.22. The van der Waals surface area contributed by atoms with Gasteiger partial charge in [-0.05, 0) is 31.5 Å². The molecule has 16 heavy (non-hydrogen) atoms. The fraction of sp³-hybridized carbons (Fsp3) is 0.455. The van der Waals surface area contributed by atoms with Crippen molar-refractivity contribution in [1.82, 2.24) is 0 Å². The fourth-order valence-corrected chi connectivity index (χ4v) is 3.42. The Kier molecular flexibility index (Phi) is 3.70. The highest BCUT2D eigenvalue weighted by molar-refractivity contribution is 7.90. The molecule has 0 spiro atoms. The van der Waals surface area contributed by atoms with Crippen LogP contribution in [0.4, 0.5) is 4.39 Å². The largest absolute Gasteiger partial charge is 0.325 e. The van der Waals surface area contributed by atoms with Gasteiger partial charge >= 0.3 is 0 Å². The zero-order valence-corrected chi connectivity index (χ0v) is 10.2. The van der Waals surface area contributed by atoms with Crippen molar-refractivity contribution in [2.45, 2.75) is 25.1 Å². The van der Waals surface area contributed by atoms with E-state index in [4.69, 9.17) is 5.73 Å². The molecular formula is C11H16FNO2S. The second-order valence-corrected chi connectivity index (χ2v) is 6.72. The quantitative estimate of drug-likeness (QED) is 0.874. The maximum Gasteiger partial charge on any atom is 0.156 e. The second kappa shape index (κ2) is 4.51. The molecule has 0 bridgehead atoms. The fourth-order valence-electron chi connectivity index (χ4n) is 1.50. The van der Waals surface area contributed by atoms with Gasteiger partial charge in [0, 0.05) is 5.54 Å². The monoisotopic (exact) mass is 245 g/mol. The van der Waals surface area contributed by atoms with Crippen LogP contribution >= 0.6 is 0 Å². The van der Waals surface area contributed by atoms with Crippen LogP contribution in [0, 0.1) is 5.82 Å². The summed E-state index contributed by atoms with van der Waals surface area (Å²) in [5.41, 5.74) is 5.33. The first kappa shape index (κ1) is 13.1. The molecule has 0 saturated heterocycles. The van der Waals surface area contributed by atoms with Gasteiger partial charge in [-0.15, -0.1) is 0 Å². The highest BCUT2D eigenvalue weighted by Crippen LogP contribution is 2.12. The molecule has 0 unspecified atom stereocenters. The molecule has 2 N–H and O–H groups in total.